The molecule has 0 amide bonds. The van der Waals surface area contributed by atoms with Gasteiger partial charge in [-0.15, -0.1) is 0 Å². The molecule has 130 valence electrons. The molecule has 0 aliphatic rings. The average molecular weight is 312 g/mol. The van der Waals surface area contributed by atoms with E-state index >= 15 is 0 Å². The first-order valence-corrected chi connectivity index (χ1v) is 9.21. The van der Waals surface area contributed by atoms with Crippen LogP contribution in [0.25, 0.3) is 0 Å². The molecule has 0 radical (unpaired) electrons. The van der Waals surface area contributed by atoms with Crippen LogP contribution < -0.4 is 0 Å². The number of aliphatic hydroxyl groups excluding tert-OH is 1. The third-order valence-electron chi connectivity index (χ3n) is 3.98. The Morgan fingerprint density at radius 2 is 1.55 bits per heavy atom. The summed E-state index contributed by atoms with van der Waals surface area (Å²) in [4.78, 5) is 10.3. The Kier molecular flexibility index (Phi) is 15.9. The molecular weight excluding hydrogens is 276 g/mol. The maximum absolute atomic E-state index is 10.3. The van der Waals surface area contributed by atoms with Gasteiger partial charge in [0.15, 0.2) is 0 Å². The molecule has 0 saturated carbocycles. The van der Waals surface area contributed by atoms with Crippen LogP contribution in [0.4, 0.5) is 0 Å². The fourth-order valence-corrected chi connectivity index (χ4v) is 2.54. The minimum absolute atomic E-state index is 0.195. The Bertz CT molecular complexity index is 274. The molecular formula is C19H36O3. The van der Waals surface area contributed by atoms with Crippen molar-refractivity contribution in [2.45, 2.75) is 103 Å². The van der Waals surface area contributed by atoms with Gasteiger partial charge in [0, 0.05) is 6.42 Å². The predicted molar refractivity (Wildman–Crippen MR) is 93.1 cm³/mol. The van der Waals surface area contributed by atoms with Gasteiger partial charge in [-0.25, -0.2) is 0 Å². The summed E-state index contributed by atoms with van der Waals surface area (Å²) in [5, 5.41) is 18.4. The van der Waals surface area contributed by atoms with Gasteiger partial charge >= 0.3 is 5.97 Å². The maximum atomic E-state index is 10.3. The molecule has 0 aromatic heterocycles. The summed E-state index contributed by atoms with van der Waals surface area (Å²) < 4.78 is 0. The molecule has 0 heterocycles. The van der Waals surface area contributed by atoms with Crippen LogP contribution in [-0.4, -0.2) is 22.3 Å². The van der Waals surface area contributed by atoms with Crippen molar-refractivity contribution in [2.24, 2.45) is 0 Å². The topological polar surface area (TPSA) is 57.5 Å². The number of hydrogen-bond donors (Lipinski definition) is 2. The molecule has 3 heteroatoms. The van der Waals surface area contributed by atoms with E-state index in [9.17, 15) is 9.90 Å². The number of carboxylic acids is 1. The highest BCUT2D eigenvalue weighted by molar-refractivity contribution is 5.66. The van der Waals surface area contributed by atoms with E-state index in [2.05, 4.69) is 19.1 Å². The number of carboxylic acid groups (broad SMARTS) is 1. The largest absolute Gasteiger partial charge is 0.481 e. The lowest BCUT2D eigenvalue weighted by molar-refractivity contribution is -0.137. The third kappa shape index (κ3) is 17.2. The normalized spacial score (nSPS) is 12.8. The second kappa shape index (κ2) is 16.5. The molecule has 0 bridgehead atoms. The molecule has 1 atom stereocenters. The van der Waals surface area contributed by atoms with Gasteiger partial charge in [-0.2, -0.15) is 0 Å². The summed E-state index contributed by atoms with van der Waals surface area (Å²) >= 11 is 0. The summed E-state index contributed by atoms with van der Waals surface area (Å²) in [6.45, 7) is 2.22. The van der Waals surface area contributed by atoms with Crippen molar-refractivity contribution in [3.63, 3.8) is 0 Å². The average Bonchev–Trinajstić information content (AvgIpc) is 2.48. The van der Waals surface area contributed by atoms with Gasteiger partial charge in [0.25, 0.3) is 0 Å². The van der Waals surface area contributed by atoms with Crippen molar-refractivity contribution in [3.8, 4) is 0 Å². The Morgan fingerprint density at radius 3 is 2.23 bits per heavy atom. The first kappa shape index (κ1) is 21.2. The Balaban J connectivity index is 3.26. The second-order valence-corrected chi connectivity index (χ2v) is 6.26. The number of allylic oxidation sites excluding steroid dienone is 1. The van der Waals surface area contributed by atoms with Crippen LogP contribution in [-0.2, 0) is 4.79 Å². The number of aliphatic hydroxyl groups is 1. The lowest BCUT2D eigenvalue weighted by Crippen LogP contribution is -2.04. The summed E-state index contributed by atoms with van der Waals surface area (Å²) in [5.74, 6) is -0.693. The van der Waals surface area contributed by atoms with E-state index in [1.807, 2.05) is 0 Å². The highest BCUT2D eigenvalue weighted by Gasteiger charge is 2.01. The summed E-state index contributed by atoms with van der Waals surface area (Å²) in [7, 11) is 0. The number of carbonyl (C=O) groups is 1. The monoisotopic (exact) mass is 312 g/mol. The molecule has 3 nitrogen and oxygen atoms in total. The third-order valence-corrected chi connectivity index (χ3v) is 3.98. The van der Waals surface area contributed by atoms with Crippen LogP contribution in [0.5, 0.6) is 0 Å². The molecule has 0 aromatic rings. The molecule has 22 heavy (non-hydrogen) atoms. The van der Waals surface area contributed by atoms with Crippen LogP contribution in [0.3, 0.4) is 0 Å². The van der Waals surface area contributed by atoms with E-state index in [1.54, 1.807) is 0 Å². The molecule has 0 fully saturated rings. The quantitative estimate of drug-likeness (QED) is 0.293. The Labute approximate surface area is 136 Å². The smallest absolute Gasteiger partial charge is 0.303 e. The maximum Gasteiger partial charge on any atom is 0.303 e. The first-order chi connectivity index (χ1) is 10.7. The SMILES string of the molecule is CCCCCCC=CCC(O)CCCCCCCCC(=O)O. The molecule has 0 aliphatic carbocycles. The van der Waals surface area contributed by atoms with Crippen molar-refractivity contribution in [1.29, 1.82) is 0 Å². The number of unbranched alkanes of at least 4 members (excludes halogenated alkanes) is 9. The fourth-order valence-electron chi connectivity index (χ4n) is 2.54. The summed E-state index contributed by atoms with van der Waals surface area (Å²) in [6, 6.07) is 0. The second-order valence-electron chi connectivity index (χ2n) is 6.26. The van der Waals surface area contributed by atoms with E-state index in [0.717, 1.165) is 57.8 Å². The number of aliphatic carboxylic acids is 1. The number of rotatable bonds is 16. The molecule has 0 saturated heterocycles. The van der Waals surface area contributed by atoms with E-state index < -0.39 is 5.97 Å². The van der Waals surface area contributed by atoms with Gasteiger partial charge in [0.2, 0.25) is 0 Å². The molecule has 0 aromatic carbocycles. The van der Waals surface area contributed by atoms with Crippen LogP contribution in [0, 0.1) is 0 Å². The molecule has 0 rings (SSSR count). The predicted octanol–water partition coefficient (Wildman–Crippen LogP) is 5.47. The summed E-state index contributed by atoms with van der Waals surface area (Å²) in [6.07, 6.45) is 18.7. The van der Waals surface area contributed by atoms with Gasteiger partial charge in [-0.1, -0.05) is 70.4 Å². The number of hydrogen-bond acceptors (Lipinski definition) is 2. The van der Waals surface area contributed by atoms with E-state index in [0.29, 0.717) is 6.42 Å². The zero-order chi connectivity index (χ0) is 16.5. The van der Waals surface area contributed by atoms with Crippen molar-refractivity contribution in [2.75, 3.05) is 0 Å². The van der Waals surface area contributed by atoms with Crippen LogP contribution in [0.2, 0.25) is 0 Å². The van der Waals surface area contributed by atoms with Gasteiger partial charge < -0.3 is 10.2 Å². The minimum atomic E-state index is -0.693. The lowest BCUT2D eigenvalue weighted by atomic mass is 10.0. The Hall–Kier alpha value is -0.830. The summed E-state index contributed by atoms with van der Waals surface area (Å²) in [5.41, 5.74) is 0. The highest BCUT2D eigenvalue weighted by atomic mass is 16.4. The molecule has 2 N–H and O–H groups in total. The van der Waals surface area contributed by atoms with Crippen molar-refractivity contribution in [1.82, 2.24) is 0 Å². The van der Waals surface area contributed by atoms with Crippen molar-refractivity contribution in [3.05, 3.63) is 12.2 Å². The van der Waals surface area contributed by atoms with Crippen LogP contribution in [0.1, 0.15) is 96.8 Å². The van der Waals surface area contributed by atoms with Crippen molar-refractivity contribution < 1.29 is 15.0 Å². The zero-order valence-corrected chi connectivity index (χ0v) is 14.4. The zero-order valence-electron chi connectivity index (χ0n) is 14.4. The fraction of sp³-hybridized carbons (Fsp3) is 0.842. The van der Waals surface area contributed by atoms with Crippen LogP contribution in [0.15, 0.2) is 12.2 Å². The van der Waals surface area contributed by atoms with Gasteiger partial charge in [0.05, 0.1) is 6.10 Å². The van der Waals surface area contributed by atoms with Crippen molar-refractivity contribution >= 4 is 5.97 Å². The highest BCUT2D eigenvalue weighted by Crippen LogP contribution is 2.12. The first-order valence-electron chi connectivity index (χ1n) is 9.21. The van der Waals surface area contributed by atoms with Gasteiger partial charge in [0.1, 0.15) is 0 Å². The standard InChI is InChI=1S/C19H36O3/c1-2-3-4-5-6-9-12-15-18(20)16-13-10-7-8-11-14-17-19(21)22/h9,12,18,20H,2-8,10-11,13-17H2,1H3,(H,21,22). The molecule has 0 aliphatic heterocycles. The molecule has 0 spiro atoms. The van der Waals surface area contributed by atoms with E-state index in [1.165, 1.54) is 25.7 Å². The van der Waals surface area contributed by atoms with E-state index in [-0.39, 0.29) is 6.10 Å². The minimum Gasteiger partial charge on any atom is -0.481 e. The van der Waals surface area contributed by atoms with Crippen LogP contribution >= 0.6 is 0 Å². The van der Waals surface area contributed by atoms with Gasteiger partial charge in [-0.05, 0) is 32.1 Å². The lowest BCUT2D eigenvalue weighted by Gasteiger charge is -2.07. The van der Waals surface area contributed by atoms with E-state index in [4.69, 9.17) is 5.11 Å². The Morgan fingerprint density at radius 1 is 0.909 bits per heavy atom. The van der Waals surface area contributed by atoms with Gasteiger partial charge in [-0.3, -0.25) is 4.79 Å². The molecule has 1 unspecified atom stereocenters.